The third kappa shape index (κ3) is 7.54. The molecule has 2 atom stereocenters. The normalized spacial score (nSPS) is 19.3. The Kier molecular flexibility index (Phi) is 11.4. The van der Waals surface area contributed by atoms with Crippen molar-refractivity contribution in [2.75, 3.05) is 45.8 Å². The smallest absolute Gasteiger partial charge is 0.349 e. The van der Waals surface area contributed by atoms with Crippen molar-refractivity contribution in [1.82, 2.24) is 14.7 Å². The van der Waals surface area contributed by atoms with E-state index in [-0.39, 0.29) is 41.1 Å². The van der Waals surface area contributed by atoms with Crippen molar-refractivity contribution in [2.45, 2.75) is 40.6 Å². The number of amides is 2. The molecule has 52 heavy (non-hydrogen) atoms. The Morgan fingerprint density at radius 2 is 1.42 bits per heavy atom. The lowest BCUT2D eigenvalue weighted by atomic mass is 9.88. The summed E-state index contributed by atoms with van der Waals surface area (Å²) in [4.78, 5) is 28.5. The van der Waals surface area contributed by atoms with Gasteiger partial charge >= 0.3 is 18.4 Å². The summed E-state index contributed by atoms with van der Waals surface area (Å²) in [5.41, 5.74) is -7.79. The Labute approximate surface area is 300 Å². The average Bonchev–Trinajstić information content (AvgIpc) is 3.53. The first-order chi connectivity index (χ1) is 24.3. The number of halogens is 10. The molecule has 3 aromatic rings. The van der Waals surface area contributed by atoms with Crippen molar-refractivity contribution in [1.29, 1.82) is 0 Å². The average molecular weight is 831 g/mol. The van der Waals surface area contributed by atoms with Gasteiger partial charge in [0.05, 0.1) is 27.8 Å². The van der Waals surface area contributed by atoms with Crippen molar-refractivity contribution in [3.05, 3.63) is 99.3 Å². The number of piperazine rings is 1. The monoisotopic (exact) mass is 829 g/mol. The van der Waals surface area contributed by atoms with E-state index in [0.717, 1.165) is 36.4 Å². The summed E-state index contributed by atoms with van der Waals surface area (Å²) in [6.45, 7) is -1.27. The van der Waals surface area contributed by atoms with Crippen LogP contribution in [-0.2, 0) is 31.6 Å². The van der Waals surface area contributed by atoms with Crippen LogP contribution in [0, 0.1) is 17.5 Å². The zero-order valence-electron chi connectivity index (χ0n) is 26.7. The lowest BCUT2D eigenvalue weighted by Crippen LogP contribution is -2.55. The molecule has 0 spiro atoms. The Balaban J connectivity index is 1.52. The molecule has 0 saturated carbocycles. The van der Waals surface area contributed by atoms with Crippen LogP contribution >= 0.6 is 15.9 Å². The summed E-state index contributed by atoms with van der Waals surface area (Å²) in [6, 6.07) is 6.99. The minimum Gasteiger partial charge on any atom is -0.349 e. The van der Waals surface area contributed by atoms with Crippen LogP contribution in [0.2, 0.25) is 0 Å². The van der Waals surface area contributed by atoms with Gasteiger partial charge in [0.15, 0.2) is 9.84 Å². The van der Waals surface area contributed by atoms with Crippen LogP contribution in [-0.4, -0.2) is 98.9 Å². The molecule has 5 rings (SSSR count). The van der Waals surface area contributed by atoms with Gasteiger partial charge < -0.3 is 19.3 Å². The maximum Gasteiger partial charge on any atom is 0.430 e. The van der Waals surface area contributed by atoms with E-state index in [2.05, 4.69) is 20.7 Å². The number of carbonyl (C=O) groups excluding carboxylic acids is 2. The second-order valence-corrected chi connectivity index (χ2v) is 15.2. The highest BCUT2D eigenvalue weighted by atomic mass is 79.9. The number of urea groups is 1. The zero-order valence-corrected chi connectivity index (χ0v) is 29.1. The Bertz CT molecular complexity index is 1870. The van der Waals surface area contributed by atoms with Crippen LogP contribution in [0.1, 0.15) is 22.6 Å². The van der Waals surface area contributed by atoms with Crippen molar-refractivity contribution >= 4 is 38.1 Å². The molecule has 0 N–H and O–H groups in total. The molecule has 0 unspecified atom stereocenters. The summed E-state index contributed by atoms with van der Waals surface area (Å²) in [5, 5.41) is -1.48. The van der Waals surface area contributed by atoms with Crippen molar-refractivity contribution < 1.29 is 62.3 Å². The molecule has 0 radical (unpaired) electrons. The van der Waals surface area contributed by atoms with Gasteiger partial charge in [-0.05, 0) is 51.8 Å². The first kappa shape index (κ1) is 39.5. The van der Waals surface area contributed by atoms with Crippen molar-refractivity contribution in [3.8, 4) is 0 Å². The minimum absolute atomic E-state index is 0.0528. The number of sulfone groups is 1. The number of ether oxygens (including phenoxy) is 1. The highest BCUT2D eigenvalue weighted by Crippen LogP contribution is 2.53. The van der Waals surface area contributed by atoms with Gasteiger partial charge in [0.25, 0.3) is 5.60 Å². The predicted molar refractivity (Wildman–Crippen MR) is 170 cm³/mol. The molecule has 19 heteroatoms. The molecule has 2 fully saturated rings. The van der Waals surface area contributed by atoms with E-state index < -0.39 is 86.7 Å². The molecule has 282 valence electrons. The van der Waals surface area contributed by atoms with Crippen LogP contribution < -0.4 is 0 Å². The van der Waals surface area contributed by atoms with E-state index in [4.69, 9.17) is 0 Å². The number of rotatable bonds is 9. The Hall–Kier alpha value is -3.68. The topological polar surface area (TPSA) is 87.2 Å². The molecule has 3 aromatic carbocycles. The molecule has 2 heterocycles. The van der Waals surface area contributed by atoms with E-state index >= 15 is 0 Å². The predicted octanol–water partition coefficient (Wildman–Crippen LogP) is 6.58. The molecular formula is C33H29BrF9N3O5S. The molecule has 0 bridgehead atoms. The van der Waals surface area contributed by atoms with Gasteiger partial charge in [-0.25, -0.2) is 26.4 Å². The molecule has 2 amide bonds. The number of alkyl halides is 6. The van der Waals surface area contributed by atoms with Crippen molar-refractivity contribution in [2.24, 2.45) is 0 Å². The number of benzene rings is 3. The molecule has 2 aliphatic rings. The van der Waals surface area contributed by atoms with E-state index in [9.17, 15) is 57.5 Å². The number of likely N-dealkylation sites (tertiary alicyclic amines) is 1. The van der Waals surface area contributed by atoms with Gasteiger partial charge in [-0.1, -0.05) is 30.3 Å². The highest BCUT2D eigenvalue weighted by Gasteiger charge is 2.73. The van der Waals surface area contributed by atoms with E-state index in [0.29, 0.717) is 43.6 Å². The van der Waals surface area contributed by atoms with E-state index in [1.807, 2.05) is 0 Å². The van der Waals surface area contributed by atoms with Gasteiger partial charge in [0.1, 0.15) is 23.7 Å². The van der Waals surface area contributed by atoms with Gasteiger partial charge in [-0.2, -0.15) is 26.3 Å². The summed E-state index contributed by atoms with van der Waals surface area (Å²) in [6.07, 6.45) is -11.7. The first-order valence-electron chi connectivity index (χ1n) is 15.5. The lowest BCUT2D eigenvalue weighted by Gasteiger charge is -2.37. The molecule has 0 aromatic heterocycles. The third-order valence-electron chi connectivity index (χ3n) is 9.17. The fourth-order valence-electron chi connectivity index (χ4n) is 6.37. The maximum absolute atomic E-state index is 14.5. The molecule has 2 saturated heterocycles. The fourth-order valence-corrected chi connectivity index (χ4v) is 8.84. The van der Waals surface area contributed by atoms with Gasteiger partial charge in [0.2, 0.25) is 0 Å². The van der Waals surface area contributed by atoms with Crippen LogP contribution in [0.5, 0.6) is 0 Å². The molecular weight excluding hydrogens is 801 g/mol. The Morgan fingerprint density at radius 1 is 0.827 bits per heavy atom. The first-order valence-corrected chi connectivity index (χ1v) is 17.8. The second kappa shape index (κ2) is 15.0. The van der Waals surface area contributed by atoms with Crippen LogP contribution in [0.25, 0.3) is 0 Å². The number of aldehydes is 1. The summed E-state index contributed by atoms with van der Waals surface area (Å²) in [7, 11) is -4.43. The minimum atomic E-state index is -6.21. The van der Waals surface area contributed by atoms with Crippen LogP contribution in [0.3, 0.4) is 0 Å². The van der Waals surface area contributed by atoms with Gasteiger partial charge in [-0.15, -0.1) is 0 Å². The fraction of sp³-hybridized carbons (Fsp3) is 0.394. The van der Waals surface area contributed by atoms with Gasteiger partial charge in [-0.3, -0.25) is 4.90 Å². The summed E-state index contributed by atoms with van der Waals surface area (Å²) >= 11 is 2.93. The molecule has 0 aliphatic carbocycles. The Morgan fingerprint density at radius 3 is 1.96 bits per heavy atom. The van der Waals surface area contributed by atoms with E-state index in [1.54, 1.807) is 4.90 Å². The highest BCUT2D eigenvalue weighted by molar-refractivity contribution is 9.10. The van der Waals surface area contributed by atoms with Crippen molar-refractivity contribution in [3.63, 3.8) is 0 Å². The zero-order chi connectivity index (χ0) is 38.2. The summed E-state index contributed by atoms with van der Waals surface area (Å²) in [5.74, 6) is -4.84. The quantitative estimate of drug-likeness (QED) is 0.138. The summed E-state index contributed by atoms with van der Waals surface area (Å²) < 4.78 is 162. The number of nitrogens with zero attached hydrogens (tertiary/aromatic N) is 3. The largest absolute Gasteiger partial charge is 0.430 e. The maximum atomic E-state index is 14.5. The number of hydrogen-bond acceptors (Lipinski definition) is 6. The standard InChI is InChI=1S/C33H29BrF9N3O5S/c34-25-16-22(8-9-28(25)37)52(49,50)29-18-46(30(48)45-12-10-44(11-13-45)14-15-47)17-23(29)20-4-6-21(7-5-20)31(32(38,39)40,33(41,42)43)51-19-24-26(35)2-1-3-27(24)36/h1-9,15-16,23,29H,10-14,17-19H2/t23-,29+/m1/s1. The SMILES string of the molecule is O=CCN1CCN(C(=O)N2C[C@H](c3ccc(C(OCc4c(F)cccc4F)(C(F)(F)F)C(F)(F)F)cc3)[C@@H](S(=O)(=O)c3ccc(F)c(Br)c3)C2)CC1. The molecule has 8 nitrogen and oxygen atoms in total. The number of hydrogen-bond donors (Lipinski definition) is 0. The lowest BCUT2D eigenvalue weighted by molar-refractivity contribution is -0.392. The van der Waals surface area contributed by atoms with Crippen LogP contribution in [0.15, 0.2) is 70.0 Å². The molecule has 2 aliphatic heterocycles. The van der Waals surface area contributed by atoms with E-state index in [1.165, 1.54) is 9.80 Å². The second-order valence-electron chi connectivity index (χ2n) is 12.2. The van der Waals surface area contributed by atoms with Crippen LogP contribution in [0.4, 0.5) is 44.3 Å². The van der Waals surface area contributed by atoms with Gasteiger partial charge in [0, 0.05) is 56.3 Å². The third-order valence-corrected chi connectivity index (χ3v) is 12.0. The number of carbonyl (C=O) groups is 2.